The Morgan fingerprint density at radius 3 is 2.40 bits per heavy atom. The number of hydrogen-bond donors (Lipinski definition) is 2. The van der Waals surface area contributed by atoms with E-state index in [-0.39, 0.29) is 23.6 Å². The number of pyridine rings is 1. The van der Waals surface area contributed by atoms with Crippen LogP contribution in [0.3, 0.4) is 0 Å². The molecule has 0 saturated heterocycles. The number of rotatable bonds is 4. The Bertz CT molecular complexity index is 861. The number of nitrogens with zero attached hydrogens (tertiary/aromatic N) is 1. The highest BCUT2D eigenvalue weighted by atomic mass is 35.5. The van der Waals surface area contributed by atoms with Gasteiger partial charge in [0.1, 0.15) is 17.3 Å². The molecule has 3 rings (SSSR count). The van der Waals surface area contributed by atoms with Gasteiger partial charge < -0.3 is 15.3 Å². The molecule has 25 heavy (non-hydrogen) atoms. The molecule has 0 aliphatic heterocycles. The second-order valence-corrected chi connectivity index (χ2v) is 6.75. The van der Waals surface area contributed by atoms with Gasteiger partial charge in [-0.2, -0.15) is 0 Å². The van der Waals surface area contributed by atoms with Gasteiger partial charge >= 0.3 is 0 Å². The Labute approximate surface area is 158 Å². The van der Waals surface area contributed by atoms with Crippen molar-refractivity contribution in [2.75, 3.05) is 6.54 Å². The van der Waals surface area contributed by atoms with Crippen LogP contribution in [0.15, 0.2) is 53.2 Å². The highest BCUT2D eigenvalue weighted by molar-refractivity contribution is 6.32. The van der Waals surface area contributed by atoms with Crippen LogP contribution in [0.1, 0.15) is 19.6 Å². The summed E-state index contributed by atoms with van der Waals surface area (Å²) in [6.45, 7) is 4.53. The third-order valence-electron chi connectivity index (χ3n) is 4.11. The van der Waals surface area contributed by atoms with E-state index in [1.54, 1.807) is 24.5 Å². The molecule has 0 bridgehead atoms. The molecule has 3 N–H and O–H groups in total. The number of aromatic nitrogens is 1. The van der Waals surface area contributed by atoms with E-state index in [4.69, 9.17) is 21.8 Å². The van der Waals surface area contributed by atoms with Crippen molar-refractivity contribution in [3.05, 3.63) is 59.6 Å². The van der Waals surface area contributed by atoms with Crippen LogP contribution in [0.2, 0.25) is 5.02 Å². The molecular formula is C19H20Cl2N2O2. The number of benzene rings is 1. The van der Waals surface area contributed by atoms with Gasteiger partial charge in [0.25, 0.3) is 0 Å². The van der Waals surface area contributed by atoms with Crippen molar-refractivity contribution in [1.82, 2.24) is 4.98 Å². The molecule has 0 aliphatic rings. The minimum absolute atomic E-state index is 0. The number of nitrogens with two attached hydrogens (primary N) is 1. The van der Waals surface area contributed by atoms with Crippen molar-refractivity contribution >= 4 is 24.0 Å². The van der Waals surface area contributed by atoms with Gasteiger partial charge in [-0.15, -0.1) is 12.4 Å². The molecule has 0 aliphatic carbocycles. The fourth-order valence-electron chi connectivity index (χ4n) is 2.44. The van der Waals surface area contributed by atoms with Crippen molar-refractivity contribution in [3.8, 4) is 28.2 Å². The summed E-state index contributed by atoms with van der Waals surface area (Å²) in [6.07, 6.45) is 3.43. The van der Waals surface area contributed by atoms with Gasteiger partial charge in [-0.25, -0.2) is 0 Å². The van der Waals surface area contributed by atoms with E-state index in [2.05, 4.69) is 4.98 Å². The summed E-state index contributed by atoms with van der Waals surface area (Å²) in [5.74, 6) is 1.55. The molecule has 0 amide bonds. The van der Waals surface area contributed by atoms with Gasteiger partial charge in [-0.3, -0.25) is 4.98 Å². The van der Waals surface area contributed by atoms with Crippen LogP contribution in [0.4, 0.5) is 0 Å². The number of aromatic hydroxyl groups is 1. The zero-order chi connectivity index (χ0) is 17.3. The predicted octanol–water partition coefficient (Wildman–Crippen LogP) is 5.03. The third-order valence-corrected chi connectivity index (χ3v) is 4.43. The van der Waals surface area contributed by atoms with Gasteiger partial charge in [0.05, 0.1) is 5.02 Å². The van der Waals surface area contributed by atoms with Crippen molar-refractivity contribution in [1.29, 1.82) is 0 Å². The van der Waals surface area contributed by atoms with Crippen LogP contribution >= 0.6 is 24.0 Å². The number of hydrogen-bond acceptors (Lipinski definition) is 4. The van der Waals surface area contributed by atoms with Crippen LogP contribution in [-0.4, -0.2) is 16.6 Å². The molecule has 6 heteroatoms. The molecule has 2 heterocycles. The maximum atomic E-state index is 9.94. The van der Waals surface area contributed by atoms with Gasteiger partial charge in [0.2, 0.25) is 0 Å². The first-order chi connectivity index (χ1) is 11.4. The van der Waals surface area contributed by atoms with E-state index in [0.717, 1.165) is 28.2 Å². The van der Waals surface area contributed by atoms with Gasteiger partial charge in [0.15, 0.2) is 0 Å². The van der Waals surface area contributed by atoms with E-state index in [1.165, 1.54) is 0 Å². The molecule has 0 spiro atoms. The fraction of sp³-hybridized carbons (Fsp3) is 0.211. The van der Waals surface area contributed by atoms with E-state index < -0.39 is 0 Å². The molecule has 3 aromatic rings. The topological polar surface area (TPSA) is 72.3 Å². The number of halogens is 2. The largest absolute Gasteiger partial charge is 0.506 e. The lowest BCUT2D eigenvalue weighted by molar-refractivity contribution is 0.398. The van der Waals surface area contributed by atoms with Crippen molar-refractivity contribution in [2.24, 2.45) is 5.73 Å². The summed E-state index contributed by atoms with van der Waals surface area (Å²) in [7, 11) is 0. The molecule has 0 atom stereocenters. The Kier molecular flexibility index (Phi) is 5.78. The number of phenolic OH excluding ortho intramolecular Hbond substituents is 1. The van der Waals surface area contributed by atoms with Crippen LogP contribution in [0, 0.1) is 0 Å². The standard InChI is InChI=1S/C19H19ClN2O2.ClH/c1-19(2,11-21)17-10-14(13-3-4-15(20)16(23)9-13)18(24-17)12-5-7-22-8-6-12;/h3-10,23H,11,21H2,1-2H3;1H. The van der Waals surface area contributed by atoms with Crippen LogP contribution in [-0.2, 0) is 5.41 Å². The quantitative estimate of drug-likeness (QED) is 0.667. The highest BCUT2D eigenvalue weighted by Gasteiger charge is 2.26. The average Bonchev–Trinajstić information content (AvgIpc) is 3.04. The van der Waals surface area contributed by atoms with Crippen molar-refractivity contribution in [2.45, 2.75) is 19.3 Å². The highest BCUT2D eigenvalue weighted by Crippen LogP contribution is 2.40. The average molecular weight is 379 g/mol. The summed E-state index contributed by atoms with van der Waals surface area (Å²) < 4.78 is 6.16. The van der Waals surface area contributed by atoms with Crippen molar-refractivity contribution in [3.63, 3.8) is 0 Å². The lowest BCUT2D eigenvalue weighted by Crippen LogP contribution is -2.27. The monoisotopic (exact) mass is 378 g/mol. The van der Waals surface area contributed by atoms with Gasteiger partial charge in [0, 0.05) is 35.5 Å². The normalized spacial score (nSPS) is 11.2. The first-order valence-corrected chi connectivity index (χ1v) is 8.04. The maximum absolute atomic E-state index is 9.94. The van der Waals surface area contributed by atoms with Crippen LogP contribution < -0.4 is 5.73 Å². The van der Waals surface area contributed by atoms with Gasteiger partial charge in [-0.1, -0.05) is 31.5 Å². The smallest absolute Gasteiger partial charge is 0.142 e. The van der Waals surface area contributed by atoms with Gasteiger partial charge in [-0.05, 0) is 35.9 Å². The van der Waals surface area contributed by atoms with E-state index >= 15 is 0 Å². The van der Waals surface area contributed by atoms with E-state index in [1.807, 2.05) is 38.1 Å². The molecule has 2 aromatic heterocycles. The number of furan rings is 1. The minimum Gasteiger partial charge on any atom is -0.506 e. The Morgan fingerprint density at radius 2 is 1.80 bits per heavy atom. The van der Waals surface area contributed by atoms with Crippen LogP contribution in [0.5, 0.6) is 5.75 Å². The lowest BCUT2D eigenvalue weighted by atomic mass is 9.90. The van der Waals surface area contributed by atoms with E-state index in [9.17, 15) is 5.11 Å². The summed E-state index contributed by atoms with van der Waals surface area (Å²) in [5.41, 5.74) is 8.21. The summed E-state index contributed by atoms with van der Waals surface area (Å²) in [4.78, 5) is 4.05. The molecule has 132 valence electrons. The molecule has 1 aromatic carbocycles. The summed E-state index contributed by atoms with van der Waals surface area (Å²) >= 11 is 5.93. The zero-order valence-corrected chi connectivity index (χ0v) is 15.6. The lowest BCUT2D eigenvalue weighted by Gasteiger charge is -2.18. The second kappa shape index (κ2) is 7.48. The zero-order valence-electron chi connectivity index (χ0n) is 14.0. The van der Waals surface area contributed by atoms with E-state index in [0.29, 0.717) is 11.6 Å². The Hall–Kier alpha value is -2.01. The SMILES string of the molecule is CC(C)(CN)c1cc(-c2ccc(Cl)c(O)c2)c(-c2ccncc2)o1.Cl. The van der Waals surface area contributed by atoms with Crippen molar-refractivity contribution < 1.29 is 9.52 Å². The molecule has 0 saturated carbocycles. The summed E-state index contributed by atoms with van der Waals surface area (Å²) in [5, 5.41) is 10.3. The second-order valence-electron chi connectivity index (χ2n) is 6.34. The number of phenols is 1. The molecule has 0 unspecified atom stereocenters. The Morgan fingerprint density at radius 1 is 1.12 bits per heavy atom. The molecule has 4 nitrogen and oxygen atoms in total. The first-order valence-electron chi connectivity index (χ1n) is 7.66. The third kappa shape index (κ3) is 3.82. The van der Waals surface area contributed by atoms with Crippen LogP contribution in [0.25, 0.3) is 22.5 Å². The molecule has 0 fully saturated rings. The minimum atomic E-state index is -0.297. The maximum Gasteiger partial charge on any atom is 0.142 e. The first kappa shape index (κ1) is 19.3. The predicted molar refractivity (Wildman–Crippen MR) is 103 cm³/mol. The fourth-order valence-corrected chi connectivity index (χ4v) is 2.56. The summed E-state index contributed by atoms with van der Waals surface area (Å²) in [6, 6.07) is 10.9. The Balaban J connectivity index is 0.00000225. The molecular weight excluding hydrogens is 359 g/mol. The molecule has 0 radical (unpaired) electrons.